The summed E-state index contributed by atoms with van der Waals surface area (Å²) in [5.41, 5.74) is 7.08. The van der Waals surface area contributed by atoms with E-state index in [2.05, 4.69) is 26.5 Å². The van der Waals surface area contributed by atoms with Gasteiger partial charge in [0.25, 0.3) is 5.91 Å². The summed E-state index contributed by atoms with van der Waals surface area (Å²) >= 11 is 3.40. The Hall–Kier alpha value is -3.29. The van der Waals surface area contributed by atoms with Crippen LogP contribution in [0, 0.1) is 6.92 Å². The van der Waals surface area contributed by atoms with Crippen molar-refractivity contribution in [1.82, 2.24) is 5.43 Å². The van der Waals surface area contributed by atoms with Crippen molar-refractivity contribution in [2.45, 2.75) is 20.1 Å². The Bertz CT molecular complexity index is 1190. The molecule has 156 valence electrons. The van der Waals surface area contributed by atoms with Crippen molar-refractivity contribution in [2.75, 3.05) is 0 Å². The summed E-state index contributed by atoms with van der Waals surface area (Å²) in [6.07, 6.45) is 1.44. The second-order valence-corrected chi connectivity index (χ2v) is 8.03. The zero-order chi connectivity index (χ0) is 21.8. The molecule has 1 N–H and O–H groups in total. The lowest BCUT2D eigenvalue weighted by Gasteiger charge is -2.08. The number of esters is 1. The van der Waals surface area contributed by atoms with E-state index >= 15 is 0 Å². The number of hydrazone groups is 1. The minimum absolute atomic E-state index is 0.334. The van der Waals surface area contributed by atoms with Crippen LogP contribution >= 0.6 is 15.9 Å². The van der Waals surface area contributed by atoms with E-state index in [9.17, 15) is 9.59 Å². The number of fused-ring (bicyclic) bond motifs is 1. The van der Waals surface area contributed by atoms with Gasteiger partial charge in [-0.25, -0.2) is 10.2 Å². The molecule has 31 heavy (non-hydrogen) atoms. The molecule has 0 saturated heterocycles. The average Bonchev–Trinajstić information content (AvgIpc) is 3.23. The van der Waals surface area contributed by atoms with Crippen molar-refractivity contribution in [3.63, 3.8) is 0 Å². The first-order valence-corrected chi connectivity index (χ1v) is 10.4. The molecule has 1 heterocycles. The highest BCUT2D eigenvalue weighted by Crippen LogP contribution is 2.23. The lowest BCUT2D eigenvalue weighted by atomic mass is 10.1. The number of hydrogen-bond donors (Lipinski definition) is 1. The zero-order valence-electron chi connectivity index (χ0n) is 16.7. The fourth-order valence-electron chi connectivity index (χ4n) is 3.18. The Morgan fingerprint density at radius 2 is 1.87 bits per heavy atom. The van der Waals surface area contributed by atoms with Gasteiger partial charge in [-0.2, -0.15) is 5.10 Å². The molecule has 0 fully saturated rings. The fraction of sp³-hybridized carbons (Fsp3) is 0.125. The molecule has 7 heteroatoms. The molecule has 3 aromatic rings. The van der Waals surface area contributed by atoms with E-state index in [1.165, 1.54) is 6.21 Å². The van der Waals surface area contributed by atoms with Gasteiger partial charge in [0, 0.05) is 15.6 Å². The summed E-state index contributed by atoms with van der Waals surface area (Å²) in [5, 5.41) is 4.04. The monoisotopic (exact) mass is 478 g/mol. The molecule has 0 atom stereocenters. The van der Waals surface area contributed by atoms with Gasteiger partial charge in [0.15, 0.2) is 0 Å². The zero-order valence-corrected chi connectivity index (χ0v) is 18.3. The molecule has 1 aliphatic heterocycles. The quantitative estimate of drug-likeness (QED) is 0.248. The maximum Gasteiger partial charge on any atom is 0.343 e. The Morgan fingerprint density at radius 1 is 1.03 bits per heavy atom. The summed E-state index contributed by atoms with van der Waals surface area (Å²) in [6.45, 7) is 2.99. The lowest BCUT2D eigenvalue weighted by Crippen LogP contribution is -2.18. The molecule has 1 amide bonds. The maximum atomic E-state index is 12.5. The minimum Gasteiger partial charge on any atom is -0.422 e. The highest BCUT2D eigenvalue weighted by molar-refractivity contribution is 9.10. The number of ether oxygens (including phenoxy) is 2. The molecule has 0 bridgehead atoms. The third-order valence-corrected chi connectivity index (χ3v) is 5.27. The number of aryl methyl sites for hydroxylation is 1. The van der Waals surface area contributed by atoms with Crippen LogP contribution in [-0.2, 0) is 18.0 Å². The number of amides is 1. The van der Waals surface area contributed by atoms with Gasteiger partial charge in [0.1, 0.15) is 5.75 Å². The highest BCUT2D eigenvalue weighted by Gasteiger charge is 2.15. The summed E-state index contributed by atoms with van der Waals surface area (Å²) in [7, 11) is 0. The number of nitrogens with one attached hydrogen (secondary N) is 1. The van der Waals surface area contributed by atoms with Crippen molar-refractivity contribution in [3.8, 4) is 5.75 Å². The first kappa shape index (κ1) is 21.0. The molecular formula is C24H19BrN2O4. The van der Waals surface area contributed by atoms with Gasteiger partial charge >= 0.3 is 5.97 Å². The van der Waals surface area contributed by atoms with E-state index in [4.69, 9.17) is 9.47 Å². The van der Waals surface area contributed by atoms with Crippen LogP contribution in [0.3, 0.4) is 0 Å². The number of rotatable bonds is 5. The number of halogens is 1. The van der Waals surface area contributed by atoms with Gasteiger partial charge in [-0.05, 0) is 60.5 Å². The Balaban J connectivity index is 1.47. The van der Waals surface area contributed by atoms with E-state index in [-0.39, 0.29) is 5.91 Å². The molecule has 0 aliphatic carbocycles. The number of benzene rings is 3. The van der Waals surface area contributed by atoms with E-state index in [0.717, 1.165) is 21.2 Å². The molecule has 0 unspecified atom stereocenters. The highest BCUT2D eigenvalue weighted by atomic mass is 79.9. The third kappa shape index (κ3) is 5.07. The smallest absolute Gasteiger partial charge is 0.343 e. The van der Waals surface area contributed by atoms with Crippen LogP contribution in [0.4, 0.5) is 0 Å². The normalized spacial score (nSPS) is 12.6. The second-order valence-electron chi connectivity index (χ2n) is 7.12. The van der Waals surface area contributed by atoms with Crippen LogP contribution in [0.15, 0.2) is 70.2 Å². The Morgan fingerprint density at radius 3 is 2.71 bits per heavy atom. The standard InChI is InChI=1S/C24H19BrN2O4/c1-15-3-2-4-17(9-15)24(29)31-22-8-7-21(25)11-19(22)12-26-27-23(28)16-5-6-18-13-30-14-20(18)10-16/h2-12H,13-14H2,1H3,(H,27,28). The molecule has 4 rings (SSSR count). The Labute approximate surface area is 188 Å². The number of hydrogen-bond acceptors (Lipinski definition) is 5. The van der Waals surface area contributed by atoms with Crippen LogP contribution in [-0.4, -0.2) is 18.1 Å². The lowest BCUT2D eigenvalue weighted by molar-refractivity contribution is 0.0734. The molecular weight excluding hydrogens is 460 g/mol. The van der Waals surface area contributed by atoms with Crippen molar-refractivity contribution in [3.05, 3.63) is 98.5 Å². The Kier molecular flexibility index (Phi) is 6.25. The van der Waals surface area contributed by atoms with Gasteiger partial charge in [-0.1, -0.05) is 39.7 Å². The van der Waals surface area contributed by atoms with Crippen LogP contribution in [0.25, 0.3) is 0 Å². The number of nitrogens with zero attached hydrogens (tertiary/aromatic N) is 1. The minimum atomic E-state index is -0.468. The maximum absolute atomic E-state index is 12.5. The summed E-state index contributed by atoms with van der Waals surface area (Å²) in [5.74, 6) is -0.466. The predicted octanol–water partition coefficient (Wildman–Crippen LogP) is 4.77. The van der Waals surface area contributed by atoms with Crippen molar-refractivity contribution in [1.29, 1.82) is 0 Å². The van der Waals surface area contributed by atoms with Gasteiger partial charge < -0.3 is 9.47 Å². The fourth-order valence-corrected chi connectivity index (χ4v) is 3.56. The summed E-state index contributed by atoms with van der Waals surface area (Å²) < 4.78 is 11.7. The van der Waals surface area contributed by atoms with Crippen molar-refractivity contribution < 1.29 is 19.1 Å². The SMILES string of the molecule is Cc1cccc(C(=O)Oc2ccc(Br)cc2C=NNC(=O)c2ccc3c(c2)COC3)c1. The van der Waals surface area contributed by atoms with Gasteiger partial charge in [-0.3, -0.25) is 4.79 Å². The van der Waals surface area contributed by atoms with Gasteiger partial charge in [-0.15, -0.1) is 0 Å². The first-order chi connectivity index (χ1) is 15.0. The molecule has 6 nitrogen and oxygen atoms in total. The average molecular weight is 479 g/mol. The number of carbonyl (C=O) groups excluding carboxylic acids is 2. The van der Waals surface area contributed by atoms with E-state index in [0.29, 0.717) is 35.7 Å². The number of carbonyl (C=O) groups is 2. The molecule has 0 radical (unpaired) electrons. The molecule has 1 aliphatic rings. The third-order valence-electron chi connectivity index (χ3n) is 4.78. The van der Waals surface area contributed by atoms with Crippen molar-refractivity contribution >= 4 is 34.0 Å². The van der Waals surface area contributed by atoms with Crippen LogP contribution in [0.5, 0.6) is 5.75 Å². The second kappa shape index (κ2) is 9.24. The van der Waals surface area contributed by atoms with E-state index in [1.807, 2.05) is 19.1 Å². The summed E-state index contributed by atoms with van der Waals surface area (Å²) in [4.78, 5) is 24.9. The van der Waals surface area contributed by atoms with Gasteiger partial charge in [0.05, 0.1) is 25.0 Å². The molecule has 0 spiro atoms. The topological polar surface area (TPSA) is 77.0 Å². The van der Waals surface area contributed by atoms with Crippen molar-refractivity contribution in [2.24, 2.45) is 5.10 Å². The van der Waals surface area contributed by atoms with E-state index < -0.39 is 5.97 Å². The van der Waals surface area contributed by atoms with E-state index in [1.54, 1.807) is 48.5 Å². The molecule has 3 aromatic carbocycles. The largest absolute Gasteiger partial charge is 0.422 e. The van der Waals surface area contributed by atoms with Crippen LogP contribution < -0.4 is 10.2 Å². The predicted molar refractivity (Wildman–Crippen MR) is 120 cm³/mol. The molecule has 0 saturated carbocycles. The van der Waals surface area contributed by atoms with Crippen LogP contribution in [0.2, 0.25) is 0 Å². The van der Waals surface area contributed by atoms with Crippen LogP contribution in [0.1, 0.15) is 43.0 Å². The summed E-state index contributed by atoms with van der Waals surface area (Å²) in [6, 6.07) is 17.8. The molecule has 0 aromatic heterocycles. The van der Waals surface area contributed by atoms with Gasteiger partial charge in [0.2, 0.25) is 0 Å². The first-order valence-electron chi connectivity index (χ1n) is 9.61.